The van der Waals surface area contributed by atoms with Gasteiger partial charge in [-0.05, 0) is 48.0 Å². The van der Waals surface area contributed by atoms with Gasteiger partial charge in [-0.2, -0.15) is 0 Å². The van der Waals surface area contributed by atoms with Gasteiger partial charge < -0.3 is 0 Å². The summed E-state index contributed by atoms with van der Waals surface area (Å²) >= 11 is 11.9. The summed E-state index contributed by atoms with van der Waals surface area (Å²) in [5, 5.41) is 0. The number of hydrogen-bond acceptors (Lipinski definition) is 4. The fourth-order valence-electron chi connectivity index (χ4n) is 1.61. The van der Waals surface area contributed by atoms with E-state index in [9.17, 15) is 8.42 Å². The maximum absolute atomic E-state index is 12.3. The number of nitrogens with one attached hydrogen (secondary N) is 1. The van der Waals surface area contributed by atoms with Crippen molar-refractivity contribution in [2.24, 2.45) is 0 Å². The Hall–Kier alpha value is 0.0800. The zero-order valence-electron chi connectivity index (χ0n) is 10.1. The average molecular weight is 401 g/mol. The van der Waals surface area contributed by atoms with Crippen molar-refractivity contribution in [3.05, 3.63) is 36.1 Å². The quantitative estimate of drug-likeness (QED) is 0.817. The first-order chi connectivity index (χ1) is 8.79. The Morgan fingerprint density at radius 2 is 2.05 bits per heavy atom. The minimum Gasteiger partial charge on any atom is -0.207 e. The molecule has 0 spiro atoms. The lowest BCUT2D eigenvalue weighted by molar-refractivity contribution is 0.568. The van der Waals surface area contributed by atoms with Gasteiger partial charge in [0.25, 0.3) is 0 Å². The van der Waals surface area contributed by atoms with E-state index in [1.807, 2.05) is 6.07 Å². The molecule has 0 amide bonds. The largest absolute Gasteiger partial charge is 0.242 e. The third kappa shape index (κ3) is 3.59. The number of sulfonamides is 1. The first kappa shape index (κ1) is 15.5. The molecule has 104 valence electrons. The van der Waals surface area contributed by atoms with Gasteiger partial charge in [-0.15, -0.1) is 22.7 Å². The SMILES string of the molecule is Cc1sc(Br)cc1S(=O)(=O)NC(C)c1ccc(Cl)s1. The summed E-state index contributed by atoms with van der Waals surface area (Å²) in [6.45, 7) is 3.59. The number of rotatable bonds is 4. The van der Waals surface area contributed by atoms with Crippen molar-refractivity contribution in [2.75, 3.05) is 0 Å². The second-order valence-corrected chi connectivity index (χ2v) is 10.0. The molecule has 0 bridgehead atoms. The monoisotopic (exact) mass is 399 g/mol. The molecule has 3 nitrogen and oxygen atoms in total. The maximum Gasteiger partial charge on any atom is 0.242 e. The zero-order valence-corrected chi connectivity index (χ0v) is 14.9. The molecule has 8 heteroatoms. The first-order valence-corrected chi connectivity index (χ1v) is 9.62. The van der Waals surface area contributed by atoms with Crippen LogP contribution in [-0.2, 0) is 10.0 Å². The summed E-state index contributed by atoms with van der Waals surface area (Å²) in [6.07, 6.45) is 0. The van der Waals surface area contributed by atoms with Gasteiger partial charge in [0, 0.05) is 9.75 Å². The standard InChI is InChI=1S/C11H11BrClNO2S3/c1-6(8-3-4-11(13)18-8)14-19(15,16)9-5-10(12)17-7(9)2/h3-6,14H,1-2H3. The molecule has 0 fully saturated rings. The van der Waals surface area contributed by atoms with Crippen LogP contribution in [-0.4, -0.2) is 8.42 Å². The number of hydrogen-bond donors (Lipinski definition) is 1. The van der Waals surface area contributed by atoms with E-state index in [0.717, 1.165) is 13.5 Å². The molecule has 0 aliphatic heterocycles. The molecule has 1 unspecified atom stereocenters. The van der Waals surface area contributed by atoms with Crippen molar-refractivity contribution in [3.8, 4) is 0 Å². The van der Waals surface area contributed by atoms with Gasteiger partial charge in [0.1, 0.15) is 0 Å². The molecule has 0 aliphatic rings. The predicted molar refractivity (Wildman–Crippen MR) is 84.8 cm³/mol. The summed E-state index contributed by atoms with van der Waals surface area (Å²) in [7, 11) is -3.51. The Kier molecular flexibility index (Phi) is 4.75. The smallest absolute Gasteiger partial charge is 0.207 e. The third-order valence-electron chi connectivity index (χ3n) is 2.48. The molecule has 0 aromatic carbocycles. The number of thiophene rings is 2. The molecule has 1 N–H and O–H groups in total. The normalized spacial score (nSPS) is 13.7. The van der Waals surface area contributed by atoms with Gasteiger partial charge in [0.15, 0.2) is 0 Å². The Bertz CT molecular complexity index is 693. The third-order valence-corrected chi connectivity index (χ3v) is 7.25. The Morgan fingerprint density at radius 3 is 2.53 bits per heavy atom. The van der Waals surface area contributed by atoms with Gasteiger partial charge in [-0.3, -0.25) is 0 Å². The van der Waals surface area contributed by atoms with Gasteiger partial charge >= 0.3 is 0 Å². The van der Waals surface area contributed by atoms with Gasteiger partial charge in [-0.25, -0.2) is 13.1 Å². The van der Waals surface area contributed by atoms with Crippen LogP contribution in [0.4, 0.5) is 0 Å². The van der Waals surface area contributed by atoms with Crippen molar-refractivity contribution < 1.29 is 8.42 Å². The topological polar surface area (TPSA) is 46.2 Å². The highest BCUT2D eigenvalue weighted by Crippen LogP contribution is 2.32. The molecule has 19 heavy (non-hydrogen) atoms. The summed E-state index contributed by atoms with van der Waals surface area (Å²) in [4.78, 5) is 1.97. The van der Waals surface area contributed by atoms with Gasteiger partial charge in [0.2, 0.25) is 10.0 Å². The Labute approximate surface area is 133 Å². The number of aryl methyl sites for hydroxylation is 1. The lowest BCUT2D eigenvalue weighted by Crippen LogP contribution is -2.26. The van der Waals surface area contributed by atoms with E-state index in [2.05, 4.69) is 20.7 Å². The van der Waals surface area contributed by atoms with Crippen LogP contribution in [0.2, 0.25) is 4.34 Å². The zero-order chi connectivity index (χ0) is 14.2. The van der Waals surface area contributed by atoms with Crippen molar-refractivity contribution in [1.82, 2.24) is 4.72 Å². The van der Waals surface area contributed by atoms with E-state index in [-0.39, 0.29) is 6.04 Å². The van der Waals surface area contributed by atoms with E-state index >= 15 is 0 Å². The maximum atomic E-state index is 12.3. The number of halogens is 2. The molecular formula is C11H11BrClNO2S3. The van der Waals surface area contributed by atoms with Crippen molar-refractivity contribution in [3.63, 3.8) is 0 Å². The van der Waals surface area contributed by atoms with E-state index < -0.39 is 10.0 Å². The summed E-state index contributed by atoms with van der Waals surface area (Å²) in [6, 6.07) is 4.91. The molecular weight excluding hydrogens is 390 g/mol. The van der Waals surface area contributed by atoms with E-state index in [1.54, 1.807) is 26.0 Å². The van der Waals surface area contributed by atoms with Crippen molar-refractivity contribution in [2.45, 2.75) is 24.8 Å². The fraction of sp³-hybridized carbons (Fsp3) is 0.273. The van der Waals surface area contributed by atoms with Crippen LogP contribution in [0.1, 0.15) is 22.7 Å². The van der Waals surface area contributed by atoms with Crippen LogP contribution in [0.3, 0.4) is 0 Å². The summed E-state index contributed by atoms with van der Waals surface area (Å²) in [5.41, 5.74) is 0. The first-order valence-electron chi connectivity index (χ1n) is 5.33. The van der Waals surface area contributed by atoms with Crippen LogP contribution in [0, 0.1) is 6.92 Å². The van der Waals surface area contributed by atoms with Crippen LogP contribution < -0.4 is 4.72 Å². The van der Waals surface area contributed by atoms with Crippen LogP contribution in [0.5, 0.6) is 0 Å². The highest BCUT2D eigenvalue weighted by atomic mass is 79.9. The summed E-state index contributed by atoms with van der Waals surface area (Å²) < 4.78 is 28.7. The Morgan fingerprint density at radius 1 is 1.37 bits per heavy atom. The second kappa shape index (κ2) is 5.83. The minimum absolute atomic E-state index is 0.305. The highest BCUT2D eigenvalue weighted by molar-refractivity contribution is 9.11. The molecule has 0 saturated carbocycles. The van der Waals surface area contributed by atoms with E-state index in [1.165, 1.54) is 22.7 Å². The summed E-state index contributed by atoms with van der Waals surface area (Å²) in [5.74, 6) is 0. The second-order valence-electron chi connectivity index (χ2n) is 3.96. The van der Waals surface area contributed by atoms with Gasteiger partial charge in [0.05, 0.1) is 19.1 Å². The molecule has 2 aromatic rings. The van der Waals surface area contributed by atoms with Crippen LogP contribution >= 0.6 is 50.2 Å². The predicted octanol–water partition coefficient (Wildman–Crippen LogP) is 4.57. The molecule has 2 heterocycles. The van der Waals surface area contributed by atoms with Crippen LogP contribution in [0.25, 0.3) is 0 Å². The highest BCUT2D eigenvalue weighted by Gasteiger charge is 2.22. The molecule has 2 rings (SSSR count). The van der Waals surface area contributed by atoms with E-state index in [0.29, 0.717) is 9.23 Å². The average Bonchev–Trinajstić information content (AvgIpc) is 2.84. The lowest BCUT2D eigenvalue weighted by Gasteiger charge is -2.12. The minimum atomic E-state index is -3.51. The molecule has 2 aromatic heterocycles. The van der Waals surface area contributed by atoms with Gasteiger partial charge in [-0.1, -0.05) is 11.6 Å². The lowest BCUT2D eigenvalue weighted by atomic mass is 10.3. The van der Waals surface area contributed by atoms with Crippen molar-refractivity contribution >= 4 is 60.2 Å². The fourth-order valence-corrected chi connectivity index (χ4v) is 6.39. The van der Waals surface area contributed by atoms with E-state index in [4.69, 9.17) is 11.6 Å². The molecule has 0 aliphatic carbocycles. The molecule has 1 atom stereocenters. The van der Waals surface area contributed by atoms with Crippen LogP contribution in [0.15, 0.2) is 26.9 Å². The molecule has 0 radical (unpaired) electrons. The molecule has 0 saturated heterocycles. The Balaban J connectivity index is 2.24. The van der Waals surface area contributed by atoms with Crippen molar-refractivity contribution in [1.29, 1.82) is 0 Å².